The minimum Gasteiger partial charge on any atom is -0.497 e. The topological polar surface area (TPSA) is 152 Å². The van der Waals surface area contributed by atoms with Gasteiger partial charge >= 0.3 is 5.88 Å². The Morgan fingerprint density at radius 1 is 1.17 bits per heavy atom. The van der Waals surface area contributed by atoms with E-state index in [1.807, 2.05) is 16.7 Å². The van der Waals surface area contributed by atoms with Crippen molar-refractivity contribution in [3.63, 3.8) is 0 Å². The van der Waals surface area contributed by atoms with Crippen molar-refractivity contribution in [1.29, 1.82) is 0 Å². The van der Waals surface area contributed by atoms with Gasteiger partial charge in [0.25, 0.3) is 0 Å². The maximum absolute atomic E-state index is 11.1. The Morgan fingerprint density at radius 3 is 2.58 bits per heavy atom. The van der Waals surface area contributed by atoms with Crippen LogP contribution in [0.5, 0.6) is 11.5 Å². The molecule has 0 amide bonds. The van der Waals surface area contributed by atoms with Gasteiger partial charge in [0, 0.05) is 32.0 Å². The van der Waals surface area contributed by atoms with E-state index in [1.54, 1.807) is 38.5 Å². The van der Waals surface area contributed by atoms with Crippen molar-refractivity contribution < 1.29 is 23.6 Å². The van der Waals surface area contributed by atoms with Gasteiger partial charge in [-0.1, -0.05) is 0 Å². The van der Waals surface area contributed by atoms with Crippen LogP contribution in [0.2, 0.25) is 0 Å². The Bertz CT molecular complexity index is 1390. The number of furan rings is 1. The number of aryl methyl sites for hydroxylation is 1. The van der Waals surface area contributed by atoms with Crippen molar-refractivity contribution in [3.8, 4) is 23.1 Å². The standard InChI is InChI=1S/C24H26N6O6/c1-33-12-4-11-29-19-14-21(35-3)18(28-24(25)26-15-5-7-16(34-2)8-6-15)13-17(19)27-23(29)20-9-10-22(36-20)30(31)32/h5-10,13-14H,4,11-12H2,1-3H3,(H3,25,26,28). The second-order valence-electron chi connectivity index (χ2n) is 7.69. The van der Waals surface area contributed by atoms with E-state index in [0.717, 1.165) is 17.0 Å². The summed E-state index contributed by atoms with van der Waals surface area (Å²) in [4.78, 5) is 19.7. The summed E-state index contributed by atoms with van der Waals surface area (Å²) in [6, 6.07) is 13.6. The summed E-state index contributed by atoms with van der Waals surface area (Å²) in [5.41, 5.74) is 8.69. The third-order valence-corrected chi connectivity index (χ3v) is 5.37. The van der Waals surface area contributed by atoms with Gasteiger partial charge in [-0.15, -0.1) is 0 Å². The number of nitro groups is 1. The molecule has 12 nitrogen and oxygen atoms in total. The number of aromatic nitrogens is 2. The van der Waals surface area contributed by atoms with Gasteiger partial charge in [0.1, 0.15) is 22.1 Å². The fourth-order valence-electron chi connectivity index (χ4n) is 3.70. The highest BCUT2D eigenvalue weighted by Crippen LogP contribution is 2.36. The van der Waals surface area contributed by atoms with Crippen LogP contribution >= 0.6 is 0 Å². The van der Waals surface area contributed by atoms with Crippen LogP contribution in [-0.4, -0.2) is 48.4 Å². The molecule has 2 heterocycles. The highest BCUT2D eigenvalue weighted by Gasteiger charge is 2.21. The first-order chi connectivity index (χ1) is 17.4. The molecule has 4 rings (SSSR count). The third-order valence-electron chi connectivity index (χ3n) is 5.37. The summed E-state index contributed by atoms with van der Waals surface area (Å²) in [6.07, 6.45) is 0.693. The molecule has 0 saturated heterocycles. The number of aliphatic imine (C=N–C) groups is 1. The first kappa shape index (κ1) is 24.5. The van der Waals surface area contributed by atoms with Crippen LogP contribution in [0.4, 0.5) is 17.3 Å². The molecular weight excluding hydrogens is 468 g/mol. The maximum atomic E-state index is 11.1. The van der Waals surface area contributed by atoms with E-state index in [0.29, 0.717) is 42.4 Å². The van der Waals surface area contributed by atoms with Crippen LogP contribution in [0.3, 0.4) is 0 Å². The van der Waals surface area contributed by atoms with Crippen molar-refractivity contribution in [2.24, 2.45) is 10.7 Å². The molecule has 0 spiro atoms. The molecule has 0 aliphatic rings. The largest absolute Gasteiger partial charge is 0.497 e. The summed E-state index contributed by atoms with van der Waals surface area (Å²) in [5, 5.41) is 14.1. The number of nitrogens with zero attached hydrogens (tertiary/aromatic N) is 4. The van der Waals surface area contributed by atoms with Crippen molar-refractivity contribution in [1.82, 2.24) is 9.55 Å². The van der Waals surface area contributed by atoms with Gasteiger partial charge in [0.05, 0.1) is 31.3 Å². The summed E-state index contributed by atoms with van der Waals surface area (Å²) >= 11 is 0. The second kappa shape index (κ2) is 10.8. The first-order valence-electron chi connectivity index (χ1n) is 11.0. The zero-order chi connectivity index (χ0) is 25.7. The predicted molar refractivity (Wildman–Crippen MR) is 135 cm³/mol. The smallest absolute Gasteiger partial charge is 0.433 e. The van der Waals surface area contributed by atoms with Gasteiger partial charge in [-0.25, -0.2) is 9.98 Å². The third kappa shape index (κ3) is 5.23. The molecule has 0 unspecified atom stereocenters. The number of rotatable bonds is 10. The number of nitrogens with one attached hydrogen (secondary N) is 1. The lowest BCUT2D eigenvalue weighted by molar-refractivity contribution is -0.401. The molecule has 0 bridgehead atoms. The van der Waals surface area contributed by atoms with Crippen molar-refractivity contribution >= 4 is 34.3 Å². The molecule has 2 aromatic heterocycles. The number of anilines is 1. The number of methoxy groups -OCH3 is 3. The number of hydrogen-bond acceptors (Lipinski definition) is 8. The quantitative estimate of drug-likeness (QED) is 0.108. The minimum absolute atomic E-state index is 0.152. The fraction of sp³-hybridized carbons (Fsp3) is 0.250. The van der Waals surface area contributed by atoms with Crippen molar-refractivity contribution in [3.05, 3.63) is 58.6 Å². The average molecular weight is 495 g/mol. The van der Waals surface area contributed by atoms with Crippen LogP contribution in [-0.2, 0) is 11.3 Å². The summed E-state index contributed by atoms with van der Waals surface area (Å²) in [6.45, 7) is 1.07. The molecule has 0 atom stereocenters. The van der Waals surface area contributed by atoms with Crippen LogP contribution in [0.25, 0.3) is 22.6 Å². The predicted octanol–water partition coefficient (Wildman–Crippen LogP) is 4.32. The number of imidazole rings is 1. The number of guanidine groups is 1. The van der Waals surface area contributed by atoms with Gasteiger partial charge in [0.15, 0.2) is 17.5 Å². The highest BCUT2D eigenvalue weighted by molar-refractivity contribution is 5.96. The normalized spacial score (nSPS) is 11.6. The number of benzene rings is 2. The van der Waals surface area contributed by atoms with Gasteiger partial charge in [-0.3, -0.25) is 10.1 Å². The van der Waals surface area contributed by atoms with Gasteiger partial charge in [-0.2, -0.15) is 0 Å². The molecule has 0 aliphatic heterocycles. The molecular formula is C24H26N6O6. The molecule has 2 aromatic carbocycles. The monoisotopic (exact) mass is 494 g/mol. The minimum atomic E-state index is -0.587. The summed E-state index contributed by atoms with van der Waals surface area (Å²) in [5.74, 6) is 1.72. The lowest BCUT2D eigenvalue weighted by atomic mass is 10.2. The van der Waals surface area contributed by atoms with Gasteiger partial charge in [0.2, 0.25) is 0 Å². The lowest BCUT2D eigenvalue weighted by Gasteiger charge is -2.10. The van der Waals surface area contributed by atoms with E-state index >= 15 is 0 Å². The number of ether oxygens (including phenoxy) is 3. The van der Waals surface area contributed by atoms with E-state index in [-0.39, 0.29) is 17.6 Å². The van der Waals surface area contributed by atoms with Gasteiger partial charge < -0.3 is 34.2 Å². The molecule has 3 N–H and O–H groups in total. The molecule has 0 radical (unpaired) electrons. The average Bonchev–Trinajstić information content (AvgIpc) is 3.49. The molecule has 0 aliphatic carbocycles. The van der Waals surface area contributed by atoms with E-state index < -0.39 is 4.92 Å². The lowest BCUT2D eigenvalue weighted by Crippen LogP contribution is -2.21. The Kier molecular flexibility index (Phi) is 7.35. The molecule has 36 heavy (non-hydrogen) atoms. The van der Waals surface area contributed by atoms with E-state index in [4.69, 9.17) is 24.4 Å². The van der Waals surface area contributed by atoms with Crippen LogP contribution in [0, 0.1) is 10.1 Å². The first-order valence-corrected chi connectivity index (χ1v) is 11.0. The zero-order valence-corrected chi connectivity index (χ0v) is 20.1. The van der Waals surface area contributed by atoms with Crippen LogP contribution in [0.15, 0.2) is 57.9 Å². The van der Waals surface area contributed by atoms with E-state index in [1.165, 1.54) is 19.2 Å². The Morgan fingerprint density at radius 2 is 1.94 bits per heavy atom. The number of nitrogens with two attached hydrogens (primary N) is 1. The van der Waals surface area contributed by atoms with E-state index in [9.17, 15) is 10.1 Å². The Labute approximate surface area is 206 Å². The Hall–Kier alpha value is -4.58. The second-order valence-corrected chi connectivity index (χ2v) is 7.69. The SMILES string of the molecule is COCCCn1c(-c2ccc([N+](=O)[O-])o2)nc2cc(N=C(N)Nc3ccc(OC)cc3)c(OC)cc21. The van der Waals surface area contributed by atoms with E-state index in [2.05, 4.69) is 15.3 Å². The van der Waals surface area contributed by atoms with Crippen molar-refractivity contribution in [2.45, 2.75) is 13.0 Å². The maximum Gasteiger partial charge on any atom is 0.433 e. The van der Waals surface area contributed by atoms with Crippen LogP contribution < -0.4 is 20.5 Å². The summed E-state index contributed by atoms with van der Waals surface area (Å²) < 4.78 is 23.3. The molecule has 188 valence electrons. The molecule has 12 heteroatoms. The van der Waals surface area contributed by atoms with Gasteiger partial charge in [-0.05, 0) is 42.8 Å². The number of fused-ring (bicyclic) bond motifs is 1. The molecule has 0 fully saturated rings. The zero-order valence-electron chi connectivity index (χ0n) is 20.1. The molecule has 4 aromatic rings. The van der Waals surface area contributed by atoms with Crippen molar-refractivity contribution in [2.75, 3.05) is 33.3 Å². The van der Waals surface area contributed by atoms with Crippen LogP contribution in [0.1, 0.15) is 6.42 Å². The molecule has 0 saturated carbocycles. The number of hydrogen-bond donors (Lipinski definition) is 2. The fourth-order valence-corrected chi connectivity index (χ4v) is 3.70. The Balaban J connectivity index is 1.73. The summed E-state index contributed by atoms with van der Waals surface area (Å²) in [7, 11) is 4.76. The highest BCUT2D eigenvalue weighted by atomic mass is 16.6.